The second kappa shape index (κ2) is 4.18. The molecule has 0 saturated carbocycles. The molecule has 0 aromatic carbocycles. The van der Waals surface area contributed by atoms with Gasteiger partial charge in [0.05, 0.1) is 5.56 Å². The Labute approximate surface area is 90.5 Å². The van der Waals surface area contributed by atoms with Crippen molar-refractivity contribution in [3.8, 4) is 0 Å². The van der Waals surface area contributed by atoms with Crippen molar-refractivity contribution in [3.63, 3.8) is 0 Å². The number of carboxylic acid groups (broad SMARTS) is 2. The Morgan fingerprint density at radius 2 is 1.75 bits per heavy atom. The molecule has 6 heteroatoms. The van der Waals surface area contributed by atoms with Gasteiger partial charge in [-0.2, -0.15) is 0 Å². The van der Waals surface area contributed by atoms with Crippen LogP contribution in [0.3, 0.4) is 0 Å². The Kier molecular flexibility index (Phi) is 3.12. The molecule has 0 bridgehead atoms. The molecule has 0 radical (unpaired) electrons. The largest absolute Gasteiger partial charge is 0.478 e. The van der Waals surface area contributed by atoms with E-state index in [0.717, 1.165) is 6.26 Å². The average molecular weight is 226 g/mol. The van der Waals surface area contributed by atoms with Crippen LogP contribution in [0.1, 0.15) is 45.1 Å². The van der Waals surface area contributed by atoms with Crippen molar-refractivity contribution < 1.29 is 29.0 Å². The Balaban J connectivity index is 3.37. The molecule has 0 aliphatic rings. The Bertz CT molecular complexity index is 454. The number of Topliss-reactive ketones (excluding diaryl/α,β-unsaturated/α-hetero) is 1. The molecular formula is C10H10O6. The normalized spacial score (nSPS) is 10.4. The van der Waals surface area contributed by atoms with Gasteiger partial charge in [-0.25, -0.2) is 9.59 Å². The number of hydrogen-bond acceptors (Lipinski definition) is 4. The molecule has 0 fully saturated rings. The lowest BCUT2D eigenvalue weighted by Crippen LogP contribution is -2.13. The quantitative estimate of drug-likeness (QED) is 0.754. The highest BCUT2D eigenvalue weighted by Gasteiger charge is 2.29. The van der Waals surface area contributed by atoms with E-state index in [1.807, 2.05) is 0 Å². The lowest BCUT2D eigenvalue weighted by molar-refractivity contribution is 0.0625. The van der Waals surface area contributed by atoms with E-state index < -0.39 is 35.0 Å². The number of furan rings is 1. The molecule has 0 spiro atoms. The third-order valence-corrected chi connectivity index (χ3v) is 1.99. The summed E-state index contributed by atoms with van der Waals surface area (Å²) in [5.74, 6) is -4.63. The first-order chi connectivity index (χ1) is 7.36. The second-order valence-electron chi connectivity index (χ2n) is 3.48. The van der Waals surface area contributed by atoms with E-state index in [-0.39, 0.29) is 5.56 Å². The maximum atomic E-state index is 11.6. The van der Waals surface area contributed by atoms with Crippen LogP contribution in [0.25, 0.3) is 0 Å². The van der Waals surface area contributed by atoms with Crippen molar-refractivity contribution in [2.45, 2.75) is 13.8 Å². The van der Waals surface area contributed by atoms with Crippen molar-refractivity contribution in [3.05, 3.63) is 23.2 Å². The summed E-state index contributed by atoms with van der Waals surface area (Å²) in [7, 11) is 0. The van der Waals surface area contributed by atoms with Gasteiger partial charge in [0.2, 0.25) is 5.76 Å². The summed E-state index contributed by atoms with van der Waals surface area (Å²) in [6.45, 7) is 3.17. The van der Waals surface area contributed by atoms with Crippen molar-refractivity contribution in [2.75, 3.05) is 0 Å². The van der Waals surface area contributed by atoms with Gasteiger partial charge in [0.1, 0.15) is 11.8 Å². The summed E-state index contributed by atoms with van der Waals surface area (Å²) in [5, 5.41) is 17.5. The molecule has 1 aromatic heterocycles. The fourth-order valence-electron chi connectivity index (χ4n) is 1.22. The molecule has 0 atom stereocenters. The molecule has 1 aromatic rings. The minimum atomic E-state index is -1.51. The predicted molar refractivity (Wildman–Crippen MR) is 51.8 cm³/mol. The number of carbonyl (C=O) groups is 3. The fraction of sp³-hybridized carbons (Fsp3) is 0.300. The molecule has 0 aliphatic heterocycles. The molecule has 0 amide bonds. The summed E-state index contributed by atoms with van der Waals surface area (Å²) < 4.78 is 4.59. The van der Waals surface area contributed by atoms with Gasteiger partial charge in [-0.1, -0.05) is 13.8 Å². The summed E-state index contributed by atoms with van der Waals surface area (Å²) in [6, 6.07) is 0. The zero-order valence-corrected chi connectivity index (χ0v) is 8.68. The molecular weight excluding hydrogens is 216 g/mol. The summed E-state index contributed by atoms with van der Waals surface area (Å²) >= 11 is 0. The number of hydrogen-bond donors (Lipinski definition) is 2. The third-order valence-electron chi connectivity index (χ3n) is 1.99. The highest BCUT2D eigenvalue weighted by atomic mass is 16.4. The van der Waals surface area contributed by atoms with Gasteiger partial charge in [0.25, 0.3) is 0 Å². The number of carbonyl (C=O) groups excluding carboxylic acids is 1. The first-order valence-corrected chi connectivity index (χ1v) is 4.48. The predicted octanol–water partition coefficient (Wildman–Crippen LogP) is 1.51. The van der Waals surface area contributed by atoms with E-state index in [1.54, 1.807) is 13.8 Å². The molecule has 86 valence electrons. The average Bonchev–Trinajstić information content (AvgIpc) is 2.60. The van der Waals surface area contributed by atoms with Crippen LogP contribution < -0.4 is 0 Å². The van der Waals surface area contributed by atoms with Crippen LogP contribution in [0.15, 0.2) is 10.7 Å². The number of rotatable bonds is 4. The van der Waals surface area contributed by atoms with Gasteiger partial charge in [-0.05, 0) is 0 Å². The maximum Gasteiger partial charge on any atom is 0.372 e. The fourth-order valence-corrected chi connectivity index (χ4v) is 1.22. The molecule has 0 aliphatic carbocycles. The smallest absolute Gasteiger partial charge is 0.372 e. The van der Waals surface area contributed by atoms with E-state index in [4.69, 9.17) is 10.2 Å². The first kappa shape index (κ1) is 12.0. The Morgan fingerprint density at radius 1 is 1.19 bits per heavy atom. The molecule has 1 rings (SSSR count). The van der Waals surface area contributed by atoms with Gasteiger partial charge in [-0.15, -0.1) is 0 Å². The highest BCUT2D eigenvalue weighted by molar-refractivity contribution is 6.10. The minimum Gasteiger partial charge on any atom is -0.478 e. The number of ketones is 1. The third kappa shape index (κ3) is 1.95. The molecule has 6 nitrogen and oxygen atoms in total. The molecule has 0 saturated heterocycles. The number of aromatic carboxylic acids is 2. The van der Waals surface area contributed by atoms with Gasteiger partial charge in [0, 0.05) is 5.92 Å². The Hall–Kier alpha value is -2.11. The minimum absolute atomic E-state index is 0.208. The van der Waals surface area contributed by atoms with Crippen molar-refractivity contribution in [2.24, 2.45) is 5.92 Å². The summed E-state index contributed by atoms with van der Waals surface area (Å²) in [6.07, 6.45) is 0.870. The summed E-state index contributed by atoms with van der Waals surface area (Å²) in [4.78, 5) is 33.1. The summed E-state index contributed by atoms with van der Waals surface area (Å²) in [5.41, 5.74) is -0.800. The van der Waals surface area contributed by atoms with Crippen LogP contribution in [0.4, 0.5) is 0 Å². The van der Waals surface area contributed by atoms with E-state index in [1.165, 1.54) is 0 Å². The topological polar surface area (TPSA) is 105 Å². The SMILES string of the molecule is CC(C)C(=O)c1coc(C(=O)O)c1C(=O)O. The monoisotopic (exact) mass is 226 g/mol. The zero-order valence-electron chi connectivity index (χ0n) is 8.68. The zero-order chi connectivity index (χ0) is 12.5. The van der Waals surface area contributed by atoms with Crippen LogP contribution in [0, 0.1) is 5.92 Å². The van der Waals surface area contributed by atoms with Gasteiger partial charge >= 0.3 is 11.9 Å². The molecule has 0 unspecified atom stereocenters. The van der Waals surface area contributed by atoms with Crippen molar-refractivity contribution in [1.82, 2.24) is 0 Å². The van der Waals surface area contributed by atoms with E-state index in [0.29, 0.717) is 0 Å². The van der Waals surface area contributed by atoms with Crippen LogP contribution >= 0.6 is 0 Å². The van der Waals surface area contributed by atoms with Crippen LogP contribution in [0.2, 0.25) is 0 Å². The van der Waals surface area contributed by atoms with E-state index in [2.05, 4.69) is 4.42 Å². The Morgan fingerprint density at radius 3 is 2.12 bits per heavy atom. The van der Waals surface area contributed by atoms with Crippen LogP contribution in [0.5, 0.6) is 0 Å². The van der Waals surface area contributed by atoms with Crippen molar-refractivity contribution in [1.29, 1.82) is 0 Å². The standard InChI is InChI=1S/C10H10O6/c1-4(2)7(11)5-3-16-8(10(14)15)6(5)9(12)13/h3-4H,1-2H3,(H,12,13)(H,14,15). The molecule has 2 N–H and O–H groups in total. The van der Waals surface area contributed by atoms with E-state index in [9.17, 15) is 14.4 Å². The van der Waals surface area contributed by atoms with E-state index >= 15 is 0 Å². The van der Waals surface area contributed by atoms with Crippen molar-refractivity contribution >= 4 is 17.7 Å². The number of carboxylic acids is 2. The van der Waals surface area contributed by atoms with Gasteiger partial charge < -0.3 is 14.6 Å². The van der Waals surface area contributed by atoms with Gasteiger partial charge in [0.15, 0.2) is 5.78 Å². The lowest BCUT2D eigenvalue weighted by Gasteiger charge is -2.01. The first-order valence-electron chi connectivity index (χ1n) is 4.48. The molecule has 1 heterocycles. The van der Waals surface area contributed by atoms with Gasteiger partial charge in [-0.3, -0.25) is 4.79 Å². The van der Waals surface area contributed by atoms with Crippen LogP contribution in [-0.2, 0) is 0 Å². The van der Waals surface area contributed by atoms with Crippen LogP contribution in [-0.4, -0.2) is 27.9 Å². The highest BCUT2D eigenvalue weighted by Crippen LogP contribution is 2.20. The molecule has 16 heavy (non-hydrogen) atoms. The maximum absolute atomic E-state index is 11.6. The lowest BCUT2D eigenvalue weighted by atomic mass is 9.99. The second-order valence-corrected chi connectivity index (χ2v) is 3.48.